The third kappa shape index (κ3) is 6.29. The van der Waals surface area contributed by atoms with E-state index in [1.807, 2.05) is 6.92 Å². The van der Waals surface area contributed by atoms with Crippen molar-refractivity contribution >= 4 is 11.6 Å². The molecule has 0 N–H and O–H groups in total. The van der Waals surface area contributed by atoms with Gasteiger partial charge in [-0.25, -0.2) is 8.78 Å². The van der Waals surface area contributed by atoms with Gasteiger partial charge in [-0.2, -0.15) is 0 Å². The second kappa shape index (κ2) is 9.73. The first kappa shape index (κ1) is 21.4. The Bertz CT molecular complexity index is 519. The van der Waals surface area contributed by atoms with Crippen LogP contribution in [0.1, 0.15) is 60.3 Å². The third-order valence-electron chi connectivity index (χ3n) is 4.38. The number of nitrogens with zero attached hydrogens (tertiary/aromatic N) is 1. The lowest BCUT2D eigenvalue weighted by Gasteiger charge is -2.27. The first-order valence-corrected chi connectivity index (χ1v) is 9.20. The summed E-state index contributed by atoms with van der Waals surface area (Å²) in [6.45, 7) is 8.87. The van der Waals surface area contributed by atoms with Crippen LogP contribution in [-0.2, 0) is 4.79 Å². The van der Waals surface area contributed by atoms with Gasteiger partial charge in [-0.15, -0.1) is 0 Å². The molecule has 0 saturated carbocycles. The van der Waals surface area contributed by atoms with Gasteiger partial charge >= 0.3 is 0 Å². The summed E-state index contributed by atoms with van der Waals surface area (Å²) in [5, 5.41) is 0. The van der Waals surface area contributed by atoms with Crippen molar-refractivity contribution in [2.75, 3.05) is 11.4 Å². The number of carbonyl (C=O) groups is 1. The highest BCUT2D eigenvalue weighted by atomic mass is 19.3. The second-order valence-corrected chi connectivity index (χ2v) is 6.57. The van der Waals surface area contributed by atoms with E-state index in [0.29, 0.717) is 12.3 Å². The van der Waals surface area contributed by atoms with Crippen LogP contribution in [0.25, 0.3) is 0 Å². The zero-order valence-electron chi connectivity index (χ0n) is 16.0. The summed E-state index contributed by atoms with van der Waals surface area (Å²) in [6.07, 6.45) is 2.51. The minimum atomic E-state index is -2.91. The Morgan fingerprint density at radius 1 is 1.12 bits per heavy atom. The van der Waals surface area contributed by atoms with E-state index < -0.39 is 12.0 Å². The van der Waals surface area contributed by atoms with Crippen molar-refractivity contribution in [1.82, 2.24) is 0 Å². The van der Waals surface area contributed by atoms with E-state index in [2.05, 4.69) is 13.8 Å². The number of benzene rings is 1. The van der Waals surface area contributed by atoms with Gasteiger partial charge in [-0.05, 0) is 51.0 Å². The van der Waals surface area contributed by atoms with Crippen LogP contribution in [0, 0.1) is 5.92 Å². The first-order chi connectivity index (χ1) is 11.7. The third-order valence-corrected chi connectivity index (χ3v) is 4.38. The van der Waals surface area contributed by atoms with E-state index in [-0.39, 0.29) is 11.8 Å². The Kier molecular flexibility index (Phi) is 8.33. The van der Waals surface area contributed by atoms with Crippen LogP contribution >= 0.6 is 0 Å². The summed E-state index contributed by atoms with van der Waals surface area (Å²) in [7, 11) is 0. The number of anilines is 1. The molecule has 1 rings (SSSR count). The van der Waals surface area contributed by atoms with Crippen LogP contribution in [-0.4, -0.2) is 24.5 Å². The van der Waals surface area contributed by atoms with E-state index in [4.69, 9.17) is 4.74 Å². The van der Waals surface area contributed by atoms with Crippen LogP contribution in [0.2, 0.25) is 0 Å². The fourth-order valence-electron chi connectivity index (χ4n) is 2.79. The second-order valence-electron chi connectivity index (χ2n) is 6.57. The molecule has 0 bridgehead atoms. The lowest BCUT2D eigenvalue weighted by Crippen LogP contribution is -2.36. The Hall–Kier alpha value is -1.65. The minimum absolute atomic E-state index is 0.0321. The molecular formula is C20H31F2NO2. The number of amides is 1. The van der Waals surface area contributed by atoms with Crippen molar-refractivity contribution in [1.29, 1.82) is 0 Å². The number of halogens is 2. The van der Waals surface area contributed by atoms with Crippen LogP contribution < -0.4 is 9.64 Å². The Labute approximate surface area is 150 Å². The van der Waals surface area contributed by atoms with Crippen molar-refractivity contribution in [2.24, 2.45) is 5.92 Å². The van der Waals surface area contributed by atoms with E-state index in [1.54, 1.807) is 29.2 Å². The topological polar surface area (TPSA) is 29.5 Å². The van der Waals surface area contributed by atoms with Gasteiger partial charge in [-0.3, -0.25) is 4.79 Å². The Balaban J connectivity index is 2.88. The minimum Gasteiger partial charge on any atom is -0.484 e. The van der Waals surface area contributed by atoms with Gasteiger partial charge in [0.05, 0.1) is 0 Å². The SMILES string of the molecule is CCCC(CCC)C(=O)N(CC)c1ccc(OC(C)C(C)(F)F)cc1. The Morgan fingerprint density at radius 2 is 1.64 bits per heavy atom. The fourth-order valence-corrected chi connectivity index (χ4v) is 2.79. The molecule has 3 nitrogen and oxygen atoms in total. The van der Waals surface area contributed by atoms with Crippen molar-refractivity contribution in [2.45, 2.75) is 72.3 Å². The molecule has 0 spiro atoms. The zero-order chi connectivity index (χ0) is 19.0. The predicted molar refractivity (Wildman–Crippen MR) is 98.5 cm³/mol. The zero-order valence-corrected chi connectivity index (χ0v) is 16.0. The monoisotopic (exact) mass is 355 g/mol. The molecule has 0 aromatic heterocycles. The number of ether oxygens (including phenoxy) is 1. The molecule has 0 aliphatic rings. The summed E-state index contributed by atoms with van der Waals surface area (Å²) >= 11 is 0. The average Bonchev–Trinajstić information content (AvgIpc) is 2.55. The van der Waals surface area contributed by atoms with Crippen LogP contribution in [0.15, 0.2) is 24.3 Å². The molecule has 142 valence electrons. The fraction of sp³-hybridized carbons (Fsp3) is 0.650. The number of alkyl halides is 2. The van der Waals surface area contributed by atoms with E-state index in [9.17, 15) is 13.6 Å². The van der Waals surface area contributed by atoms with Crippen molar-refractivity contribution in [3.63, 3.8) is 0 Å². The molecule has 0 aliphatic carbocycles. The smallest absolute Gasteiger partial charge is 0.281 e. The summed E-state index contributed by atoms with van der Waals surface area (Å²) in [6, 6.07) is 6.79. The maximum Gasteiger partial charge on any atom is 0.281 e. The molecule has 25 heavy (non-hydrogen) atoms. The number of hydrogen-bond donors (Lipinski definition) is 0. The molecule has 0 fully saturated rings. The van der Waals surface area contributed by atoms with Crippen molar-refractivity contribution in [3.05, 3.63) is 24.3 Å². The maximum atomic E-state index is 13.2. The van der Waals surface area contributed by atoms with E-state index in [1.165, 1.54) is 6.92 Å². The van der Waals surface area contributed by atoms with Crippen LogP contribution in [0.3, 0.4) is 0 Å². The largest absolute Gasteiger partial charge is 0.484 e. The summed E-state index contributed by atoms with van der Waals surface area (Å²) in [5.74, 6) is -2.37. The molecule has 1 atom stereocenters. The standard InChI is InChI=1S/C20H31F2NO2/c1-6-9-16(10-7-2)19(24)23(8-3)17-11-13-18(14-12-17)25-15(4)20(5,21)22/h11-16H,6-10H2,1-5H3. The molecule has 1 aromatic carbocycles. The molecule has 0 radical (unpaired) electrons. The lowest BCUT2D eigenvalue weighted by atomic mass is 9.96. The molecule has 0 aliphatic heterocycles. The van der Waals surface area contributed by atoms with E-state index >= 15 is 0 Å². The van der Waals surface area contributed by atoms with Gasteiger partial charge in [-0.1, -0.05) is 26.7 Å². The van der Waals surface area contributed by atoms with Crippen molar-refractivity contribution in [3.8, 4) is 5.75 Å². The van der Waals surface area contributed by atoms with E-state index in [0.717, 1.165) is 38.3 Å². The normalized spacial score (nSPS) is 13.0. The molecular weight excluding hydrogens is 324 g/mol. The highest BCUT2D eigenvalue weighted by molar-refractivity contribution is 5.95. The molecule has 1 aromatic rings. The quantitative estimate of drug-likeness (QED) is 0.540. The summed E-state index contributed by atoms with van der Waals surface area (Å²) in [4.78, 5) is 14.6. The molecule has 1 amide bonds. The van der Waals surface area contributed by atoms with Gasteiger partial charge in [0.2, 0.25) is 5.91 Å². The van der Waals surface area contributed by atoms with Gasteiger partial charge in [0.15, 0.2) is 6.10 Å². The van der Waals surface area contributed by atoms with Crippen LogP contribution in [0.4, 0.5) is 14.5 Å². The van der Waals surface area contributed by atoms with Crippen LogP contribution in [0.5, 0.6) is 5.75 Å². The first-order valence-electron chi connectivity index (χ1n) is 9.20. The lowest BCUT2D eigenvalue weighted by molar-refractivity contribution is -0.122. The molecule has 0 heterocycles. The molecule has 1 unspecified atom stereocenters. The summed E-state index contributed by atoms with van der Waals surface area (Å²) in [5.41, 5.74) is 0.771. The highest BCUT2D eigenvalue weighted by Crippen LogP contribution is 2.27. The summed E-state index contributed by atoms with van der Waals surface area (Å²) < 4.78 is 31.7. The molecule has 5 heteroatoms. The predicted octanol–water partition coefficient (Wildman–Crippen LogP) is 5.68. The maximum absolute atomic E-state index is 13.2. The number of rotatable bonds is 10. The van der Waals surface area contributed by atoms with Gasteiger partial charge in [0, 0.05) is 25.1 Å². The average molecular weight is 355 g/mol. The number of hydrogen-bond acceptors (Lipinski definition) is 2. The Morgan fingerprint density at radius 3 is 2.04 bits per heavy atom. The molecule has 0 saturated heterocycles. The van der Waals surface area contributed by atoms with Gasteiger partial charge < -0.3 is 9.64 Å². The highest BCUT2D eigenvalue weighted by Gasteiger charge is 2.32. The van der Waals surface area contributed by atoms with Gasteiger partial charge in [0.1, 0.15) is 5.75 Å². The number of carbonyl (C=O) groups excluding carboxylic acids is 1. The van der Waals surface area contributed by atoms with Crippen molar-refractivity contribution < 1.29 is 18.3 Å². The van der Waals surface area contributed by atoms with Gasteiger partial charge in [0.25, 0.3) is 5.92 Å².